The van der Waals surface area contributed by atoms with Crippen LogP contribution in [0.15, 0.2) is 6.07 Å². The predicted molar refractivity (Wildman–Crippen MR) is 58.4 cm³/mol. The topological polar surface area (TPSA) is 29.9 Å². The minimum atomic E-state index is 0.629. The normalized spacial score (nSPS) is 26.8. The van der Waals surface area contributed by atoms with E-state index in [1.165, 1.54) is 25.0 Å². The first-order valence-corrected chi connectivity index (χ1v) is 5.44. The molecule has 1 fully saturated rings. The van der Waals surface area contributed by atoms with Gasteiger partial charge in [-0.2, -0.15) is 5.10 Å². The Bertz CT molecular complexity index is 297. The Morgan fingerprint density at radius 2 is 2.29 bits per heavy atom. The van der Waals surface area contributed by atoms with Gasteiger partial charge in [-0.3, -0.25) is 4.68 Å². The second-order valence-electron chi connectivity index (χ2n) is 4.45. The molecular weight excluding hydrogens is 174 g/mol. The lowest BCUT2D eigenvalue weighted by molar-refractivity contribution is 0.553. The average Bonchev–Trinajstić information content (AvgIpc) is 2.63. The summed E-state index contributed by atoms with van der Waals surface area (Å²) in [7, 11) is 1.98. The summed E-state index contributed by atoms with van der Waals surface area (Å²) in [5.74, 6) is 1.82. The van der Waals surface area contributed by atoms with E-state index in [4.69, 9.17) is 0 Å². The monoisotopic (exact) mass is 193 g/mol. The van der Waals surface area contributed by atoms with Crippen molar-refractivity contribution in [1.82, 2.24) is 9.78 Å². The van der Waals surface area contributed by atoms with Gasteiger partial charge >= 0.3 is 0 Å². The standard InChI is InChI=1S/C11H19N3/c1-8-5-4-6-10(8)12-11-7-9(2)14(3)13-11/h7-8,10H,4-6H2,1-3H3,(H,12,13). The van der Waals surface area contributed by atoms with Gasteiger partial charge < -0.3 is 5.32 Å². The molecule has 0 bridgehead atoms. The van der Waals surface area contributed by atoms with E-state index >= 15 is 0 Å². The van der Waals surface area contributed by atoms with E-state index < -0.39 is 0 Å². The van der Waals surface area contributed by atoms with Crippen LogP contribution in [0.2, 0.25) is 0 Å². The first kappa shape index (κ1) is 9.56. The van der Waals surface area contributed by atoms with E-state index in [0.29, 0.717) is 6.04 Å². The van der Waals surface area contributed by atoms with Crippen LogP contribution < -0.4 is 5.32 Å². The summed E-state index contributed by atoms with van der Waals surface area (Å²) in [6.45, 7) is 4.40. The van der Waals surface area contributed by atoms with E-state index in [2.05, 4.69) is 30.3 Å². The Balaban J connectivity index is 2.03. The average molecular weight is 193 g/mol. The van der Waals surface area contributed by atoms with E-state index in [1.807, 2.05) is 11.7 Å². The van der Waals surface area contributed by atoms with Gasteiger partial charge in [0, 0.05) is 24.8 Å². The van der Waals surface area contributed by atoms with E-state index in [0.717, 1.165) is 11.7 Å². The molecule has 0 amide bonds. The molecule has 1 aliphatic rings. The van der Waals surface area contributed by atoms with Crippen LogP contribution in [-0.4, -0.2) is 15.8 Å². The van der Waals surface area contributed by atoms with Crippen molar-refractivity contribution in [1.29, 1.82) is 0 Å². The molecule has 0 aromatic carbocycles. The number of hydrogen-bond acceptors (Lipinski definition) is 2. The summed E-state index contributed by atoms with van der Waals surface area (Å²) in [4.78, 5) is 0. The van der Waals surface area contributed by atoms with Crippen LogP contribution in [0.5, 0.6) is 0 Å². The molecule has 0 saturated heterocycles. The van der Waals surface area contributed by atoms with Gasteiger partial charge in [-0.05, 0) is 25.7 Å². The summed E-state index contributed by atoms with van der Waals surface area (Å²) in [6, 6.07) is 2.75. The van der Waals surface area contributed by atoms with Gasteiger partial charge in [-0.25, -0.2) is 0 Å². The van der Waals surface area contributed by atoms with Gasteiger partial charge in [0.05, 0.1) is 0 Å². The van der Waals surface area contributed by atoms with Crippen molar-refractivity contribution < 1.29 is 0 Å². The molecule has 2 atom stereocenters. The van der Waals surface area contributed by atoms with Gasteiger partial charge in [0.15, 0.2) is 0 Å². The summed E-state index contributed by atoms with van der Waals surface area (Å²) in [6.07, 6.45) is 3.99. The molecule has 1 heterocycles. The maximum absolute atomic E-state index is 4.41. The van der Waals surface area contributed by atoms with Crippen LogP contribution in [0.1, 0.15) is 31.9 Å². The third kappa shape index (κ3) is 1.76. The third-order valence-electron chi connectivity index (χ3n) is 3.31. The second kappa shape index (κ2) is 3.64. The molecule has 1 aromatic rings. The van der Waals surface area contributed by atoms with Gasteiger partial charge in [0.2, 0.25) is 0 Å². The fraction of sp³-hybridized carbons (Fsp3) is 0.727. The zero-order valence-corrected chi connectivity index (χ0v) is 9.25. The molecule has 78 valence electrons. The minimum absolute atomic E-state index is 0.629. The highest BCUT2D eigenvalue weighted by Gasteiger charge is 2.23. The molecule has 2 unspecified atom stereocenters. The third-order valence-corrected chi connectivity index (χ3v) is 3.31. The van der Waals surface area contributed by atoms with Gasteiger partial charge in [0.25, 0.3) is 0 Å². The Morgan fingerprint density at radius 3 is 2.79 bits per heavy atom. The number of hydrogen-bond donors (Lipinski definition) is 1. The summed E-state index contributed by atoms with van der Waals surface area (Å²) >= 11 is 0. The van der Waals surface area contributed by atoms with E-state index in [-0.39, 0.29) is 0 Å². The van der Waals surface area contributed by atoms with E-state index in [1.54, 1.807) is 0 Å². The maximum atomic E-state index is 4.41. The lowest BCUT2D eigenvalue weighted by Crippen LogP contribution is -2.22. The van der Waals surface area contributed by atoms with Crippen molar-refractivity contribution in [3.8, 4) is 0 Å². The largest absolute Gasteiger partial charge is 0.366 e. The summed E-state index contributed by atoms with van der Waals surface area (Å²) < 4.78 is 1.92. The molecular formula is C11H19N3. The van der Waals surface area contributed by atoms with Crippen molar-refractivity contribution in [2.24, 2.45) is 13.0 Å². The van der Waals surface area contributed by atoms with Crippen molar-refractivity contribution in [2.45, 2.75) is 39.2 Å². The Hall–Kier alpha value is -0.990. The van der Waals surface area contributed by atoms with E-state index in [9.17, 15) is 0 Å². The fourth-order valence-corrected chi connectivity index (χ4v) is 2.18. The number of nitrogens with one attached hydrogen (secondary N) is 1. The number of anilines is 1. The first-order chi connectivity index (χ1) is 6.66. The summed E-state index contributed by atoms with van der Waals surface area (Å²) in [5, 5.41) is 7.93. The number of aryl methyl sites for hydroxylation is 2. The van der Waals surface area contributed by atoms with Crippen LogP contribution in [-0.2, 0) is 7.05 Å². The quantitative estimate of drug-likeness (QED) is 0.781. The molecule has 1 N–H and O–H groups in total. The lowest BCUT2D eigenvalue weighted by atomic mass is 10.1. The molecule has 14 heavy (non-hydrogen) atoms. The first-order valence-electron chi connectivity index (χ1n) is 5.44. The maximum Gasteiger partial charge on any atom is 0.148 e. The van der Waals surface area contributed by atoms with Crippen LogP contribution in [0.25, 0.3) is 0 Å². The Labute approximate surface area is 85.5 Å². The second-order valence-corrected chi connectivity index (χ2v) is 4.45. The highest BCUT2D eigenvalue weighted by atomic mass is 15.3. The number of aromatic nitrogens is 2. The highest BCUT2D eigenvalue weighted by molar-refractivity contribution is 5.37. The number of nitrogens with zero attached hydrogens (tertiary/aromatic N) is 2. The fourth-order valence-electron chi connectivity index (χ4n) is 2.18. The van der Waals surface area contributed by atoms with Crippen molar-refractivity contribution in [2.75, 3.05) is 5.32 Å². The van der Waals surface area contributed by atoms with Crippen LogP contribution in [0, 0.1) is 12.8 Å². The number of rotatable bonds is 2. The molecule has 2 rings (SSSR count). The van der Waals surface area contributed by atoms with Gasteiger partial charge in [-0.15, -0.1) is 0 Å². The zero-order chi connectivity index (χ0) is 10.1. The smallest absolute Gasteiger partial charge is 0.148 e. The molecule has 3 heteroatoms. The van der Waals surface area contributed by atoms with Crippen molar-refractivity contribution in [3.05, 3.63) is 11.8 Å². The Morgan fingerprint density at radius 1 is 1.50 bits per heavy atom. The molecule has 3 nitrogen and oxygen atoms in total. The highest BCUT2D eigenvalue weighted by Crippen LogP contribution is 2.27. The molecule has 1 aliphatic carbocycles. The molecule has 0 spiro atoms. The lowest BCUT2D eigenvalue weighted by Gasteiger charge is -2.16. The molecule has 1 saturated carbocycles. The van der Waals surface area contributed by atoms with Crippen molar-refractivity contribution in [3.63, 3.8) is 0 Å². The molecule has 0 radical (unpaired) electrons. The van der Waals surface area contributed by atoms with Crippen molar-refractivity contribution >= 4 is 5.82 Å². The Kier molecular flexibility index (Phi) is 2.48. The molecule has 1 aromatic heterocycles. The minimum Gasteiger partial charge on any atom is -0.366 e. The van der Waals surface area contributed by atoms with Crippen LogP contribution >= 0.6 is 0 Å². The van der Waals surface area contributed by atoms with Crippen LogP contribution in [0.4, 0.5) is 5.82 Å². The summed E-state index contributed by atoms with van der Waals surface area (Å²) in [5.41, 5.74) is 1.21. The SMILES string of the molecule is Cc1cc(NC2CCCC2C)nn1C. The van der Waals surface area contributed by atoms with Crippen LogP contribution in [0.3, 0.4) is 0 Å². The predicted octanol–water partition coefficient (Wildman–Crippen LogP) is 2.33. The zero-order valence-electron chi connectivity index (χ0n) is 9.25. The van der Waals surface area contributed by atoms with Gasteiger partial charge in [0.1, 0.15) is 5.82 Å². The van der Waals surface area contributed by atoms with Gasteiger partial charge in [-0.1, -0.05) is 13.3 Å². The molecule has 0 aliphatic heterocycles.